The first kappa shape index (κ1) is 15.1. The van der Waals surface area contributed by atoms with E-state index in [1.807, 2.05) is 44.3 Å². The van der Waals surface area contributed by atoms with Crippen LogP contribution >= 0.6 is 0 Å². The van der Waals surface area contributed by atoms with Gasteiger partial charge in [0.15, 0.2) is 0 Å². The summed E-state index contributed by atoms with van der Waals surface area (Å²) in [5.41, 5.74) is 2.21. The van der Waals surface area contributed by atoms with E-state index in [9.17, 15) is 9.59 Å². The van der Waals surface area contributed by atoms with Crippen LogP contribution in [0, 0.1) is 0 Å². The van der Waals surface area contributed by atoms with Crippen molar-refractivity contribution in [1.82, 2.24) is 15.6 Å². The maximum Gasteiger partial charge on any atom is 0.309 e. The number of benzene rings is 1. The van der Waals surface area contributed by atoms with Gasteiger partial charge in [0.1, 0.15) is 0 Å². The third-order valence-corrected chi connectivity index (χ3v) is 3.55. The van der Waals surface area contributed by atoms with Crippen LogP contribution in [0.1, 0.15) is 25.8 Å². The molecule has 0 aliphatic heterocycles. The zero-order chi connectivity index (χ0) is 15.2. The van der Waals surface area contributed by atoms with Crippen LogP contribution in [0.5, 0.6) is 0 Å². The fraction of sp³-hybridized carbons (Fsp3) is 0.375. The van der Waals surface area contributed by atoms with Gasteiger partial charge in [0, 0.05) is 29.7 Å². The molecular formula is C16H21N3O2. The van der Waals surface area contributed by atoms with Crippen molar-refractivity contribution in [3.63, 3.8) is 0 Å². The number of aromatic amines is 1. The lowest BCUT2D eigenvalue weighted by Gasteiger charge is -2.11. The molecule has 0 aliphatic rings. The molecule has 0 fully saturated rings. The van der Waals surface area contributed by atoms with Gasteiger partial charge >= 0.3 is 11.8 Å². The molecule has 2 rings (SSSR count). The highest BCUT2D eigenvalue weighted by atomic mass is 16.2. The quantitative estimate of drug-likeness (QED) is 0.733. The number of rotatable bonds is 5. The van der Waals surface area contributed by atoms with E-state index in [1.165, 1.54) is 0 Å². The van der Waals surface area contributed by atoms with E-state index in [2.05, 4.69) is 15.6 Å². The van der Waals surface area contributed by atoms with Gasteiger partial charge in [-0.2, -0.15) is 0 Å². The number of aromatic nitrogens is 1. The molecule has 2 amide bonds. The molecule has 1 heterocycles. The zero-order valence-corrected chi connectivity index (χ0v) is 12.4. The van der Waals surface area contributed by atoms with Gasteiger partial charge in [0.25, 0.3) is 0 Å². The van der Waals surface area contributed by atoms with Gasteiger partial charge in [-0.3, -0.25) is 9.59 Å². The van der Waals surface area contributed by atoms with Crippen molar-refractivity contribution in [2.75, 3.05) is 6.54 Å². The van der Waals surface area contributed by atoms with Crippen LogP contribution < -0.4 is 10.6 Å². The topological polar surface area (TPSA) is 74.0 Å². The number of amides is 2. The highest BCUT2D eigenvalue weighted by Crippen LogP contribution is 2.17. The van der Waals surface area contributed by atoms with Crippen LogP contribution in [0.3, 0.4) is 0 Å². The highest BCUT2D eigenvalue weighted by Gasteiger charge is 2.14. The Morgan fingerprint density at radius 2 is 2.00 bits per heavy atom. The Morgan fingerprint density at radius 3 is 2.76 bits per heavy atom. The predicted molar refractivity (Wildman–Crippen MR) is 82.9 cm³/mol. The summed E-state index contributed by atoms with van der Waals surface area (Å²) in [6.45, 7) is 4.27. The number of fused-ring (bicyclic) bond motifs is 1. The van der Waals surface area contributed by atoms with Gasteiger partial charge in [-0.05, 0) is 31.4 Å². The number of H-pyrrole nitrogens is 1. The Kier molecular flexibility index (Phi) is 4.98. The first-order chi connectivity index (χ1) is 10.1. The van der Waals surface area contributed by atoms with Gasteiger partial charge in [0.2, 0.25) is 0 Å². The van der Waals surface area contributed by atoms with Crippen molar-refractivity contribution in [3.8, 4) is 0 Å². The number of hydrogen-bond donors (Lipinski definition) is 3. The molecule has 0 spiro atoms. The van der Waals surface area contributed by atoms with E-state index in [0.717, 1.165) is 22.9 Å². The molecule has 0 bridgehead atoms. The Labute approximate surface area is 124 Å². The molecule has 1 atom stereocenters. The summed E-state index contributed by atoms with van der Waals surface area (Å²) in [6, 6.07) is 8.02. The molecule has 0 saturated carbocycles. The third kappa shape index (κ3) is 3.84. The van der Waals surface area contributed by atoms with Gasteiger partial charge in [0.05, 0.1) is 0 Å². The number of nitrogens with one attached hydrogen (secondary N) is 3. The lowest BCUT2D eigenvalue weighted by Crippen LogP contribution is -2.43. The van der Waals surface area contributed by atoms with Crippen molar-refractivity contribution < 1.29 is 9.59 Å². The second-order valence-corrected chi connectivity index (χ2v) is 5.15. The fourth-order valence-electron chi connectivity index (χ4n) is 2.12. The molecule has 1 aromatic carbocycles. The van der Waals surface area contributed by atoms with Gasteiger partial charge in [-0.25, -0.2) is 0 Å². The monoisotopic (exact) mass is 287 g/mol. The van der Waals surface area contributed by atoms with Gasteiger partial charge in [-0.15, -0.1) is 0 Å². The molecule has 0 saturated heterocycles. The van der Waals surface area contributed by atoms with Crippen LogP contribution in [0.25, 0.3) is 10.9 Å². The standard InChI is InChI=1S/C16H21N3O2/c1-3-11(2)19-16(21)15(20)17-9-8-12-10-18-14-7-5-4-6-13(12)14/h4-7,10-11,18H,3,8-9H2,1-2H3,(H,17,20)(H,19,21)/t11-/m0/s1. The Morgan fingerprint density at radius 1 is 1.24 bits per heavy atom. The van der Waals surface area contributed by atoms with E-state index in [4.69, 9.17) is 0 Å². The summed E-state index contributed by atoms with van der Waals surface area (Å²) >= 11 is 0. The lowest BCUT2D eigenvalue weighted by molar-refractivity contribution is -0.139. The van der Waals surface area contributed by atoms with Gasteiger partial charge in [-0.1, -0.05) is 25.1 Å². The maximum absolute atomic E-state index is 11.7. The molecule has 5 nitrogen and oxygen atoms in total. The van der Waals surface area contributed by atoms with E-state index in [1.54, 1.807) is 0 Å². The first-order valence-corrected chi connectivity index (χ1v) is 7.25. The van der Waals surface area contributed by atoms with Crippen LogP contribution in [-0.4, -0.2) is 29.4 Å². The van der Waals surface area contributed by atoms with Crippen LogP contribution in [0.15, 0.2) is 30.5 Å². The van der Waals surface area contributed by atoms with Crippen LogP contribution in [0.2, 0.25) is 0 Å². The molecular weight excluding hydrogens is 266 g/mol. The number of hydrogen-bond acceptors (Lipinski definition) is 2. The molecule has 1 aromatic heterocycles. The van der Waals surface area contributed by atoms with Crippen molar-refractivity contribution in [3.05, 3.63) is 36.0 Å². The number of carbonyl (C=O) groups excluding carboxylic acids is 2. The van der Waals surface area contributed by atoms with Crippen LogP contribution in [0.4, 0.5) is 0 Å². The van der Waals surface area contributed by atoms with E-state index < -0.39 is 11.8 Å². The number of para-hydroxylation sites is 1. The molecule has 112 valence electrons. The average Bonchev–Trinajstić information content (AvgIpc) is 2.90. The van der Waals surface area contributed by atoms with E-state index in [-0.39, 0.29) is 6.04 Å². The third-order valence-electron chi connectivity index (χ3n) is 3.55. The average molecular weight is 287 g/mol. The molecule has 0 unspecified atom stereocenters. The van der Waals surface area contributed by atoms with Crippen LogP contribution in [-0.2, 0) is 16.0 Å². The second-order valence-electron chi connectivity index (χ2n) is 5.15. The molecule has 2 aromatic rings. The minimum Gasteiger partial charge on any atom is -0.361 e. The molecule has 5 heteroatoms. The molecule has 21 heavy (non-hydrogen) atoms. The fourth-order valence-corrected chi connectivity index (χ4v) is 2.12. The van der Waals surface area contributed by atoms with Crippen molar-refractivity contribution in [1.29, 1.82) is 0 Å². The smallest absolute Gasteiger partial charge is 0.309 e. The Bertz CT molecular complexity index is 633. The summed E-state index contributed by atoms with van der Waals surface area (Å²) in [5, 5.41) is 6.44. The zero-order valence-electron chi connectivity index (χ0n) is 12.4. The summed E-state index contributed by atoms with van der Waals surface area (Å²) in [4.78, 5) is 26.4. The van der Waals surface area contributed by atoms with Crippen molar-refractivity contribution in [2.45, 2.75) is 32.7 Å². The predicted octanol–water partition coefficient (Wildman–Crippen LogP) is 1.74. The van der Waals surface area contributed by atoms with Crippen molar-refractivity contribution in [2.24, 2.45) is 0 Å². The minimum absolute atomic E-state index is 0.0110. The summed E-state index contributed by atoms with van der Waals surface area (Å²) in [6.07, 6.45) is 3.43. The first-order valence-electron chi connectivity index (χ1n) is 7.25. The van der Waals surface area contributed by atoms with Gasteiger partial charge < -0.3 is 15.6 Å². The summed E-state index contributed by atoms with van der Waals surface area (Å²) < 4.78 is 0. The normalized spacial score (nSPS) is 12.1. The second kappa shape index (κ2) is 6.92. The Balaban J connectivity index is 1.84. The lowest BCUT2D eigenvalue weighted by atomic mass is 10.1. The summed E-state index contributed by atoms with van der Waals surface area (Å²) in [5.74, 6) is -1.14. The maximum atomic E-state index is 11.7. The largest absolute Gasteiger partial charge is 0.361 e. The Hall–Kier alpha value is -2.30. The minimum atomic E-state index is -0.574. The molecule has 0 aliphatic carbocycles. The molecule has 3 N–H and O–H groups in total. The summed E-state index contributed by atoms with van der Waals surface area (Å²) in [7, 11) is 0. The molecule has 0 radical (unpaired) electrons. The van der Waals surface area contributed by atoms with E-state index in [0.29, 0.717) is 13.0 Å². The van der Waals surface area contributed by atoms with Crippen molar-refractivity contribution >= 4 is 22.7 Å². The highest BCUT2D eigenvalue weighted by molar-refractivity contribution is 6.35. The van der Waals surface area contributed by atoms with E-state index >= 15 is 0 Å². The SMILES string of the molecule is CC[C@H](C)NC(=O)C(=O)NCCc1c[nH]c2ccccc12. The number of carbonyl (C=O) groups is 2.